The summed E-state index contributed by atoms with van der Waals surface area (Å²) in [6.07, 6.45) is 5.64. The number of aldehydes is 1. The van der Waals surface area contributed by atoms with Crippen LogP contribution in [0.3, 0.4) is 0 Å². The first-order chi connectivity index (χ1) is 10.3. The van der Waals surface area contributed by atoms with E-state index in [-0.39, 0.29) is 17.1 Å². The summed E-state index contributed by atoms with van der Waals surface area (Å²) in [7, 11) is -1.92. The number of esters is 1. The van der Waals surface area contributed by atoms with Crippen LogP contribution in [0.5, 0.6) is 0 Å². The molecule has 0 aliphatic rings. The SMILES string of the molecule is CC(C)(C)OC(=O)CCC[C@@H](/C=C\C=O)O[Si](C)(C)C(C)(C)C. The van der Waals surface area contributed by atoms with Gasteiger partial charge in [0, 0.05) is 6.42 Å². The van der Waals surface area contributed by atoms with Crippen LogP contribution < -0.4 is 0 Å². The first kappa shape index (κ1) is 22.1. The summed E-state index contributed by atoms with van der Waals surface area (Å²) >= 11 is 0. The van der Waals surface area contributed by atoms with Gasteiger partial charge in [0.1, 0.15) is 11.9 Å². The average Bonchev–Trinajstić information content (AvgIpc) is 2.31. The molecule has 134 valence electrons. The van der Waals surface area contributed by atoms with Gasteiger partial charge in [0.15, 0.2) is 8.32 Å². The van der Waals surface area contributed by atoms with Gasteiger partial charge < -0.3 is 9.16 Å². The molecule has 0 saturated heterocycles. The lowest BCUT2D eigenvalue weighted by Gasteiger charge is -2.38. The van der Waals surface area contributed by atoms with Gasteiger partial charge in [0.2, 0.25) is 0 Å². The second kappa shape index (κ2) is 8.78. The molecule has 0 amide bonds. The maximum atomic E-state index is 11.8. The molecule has 0 bridgehead atoms. The smallest absolute Gasteiger partial charge is 0.306 e. The van der Waals surface area contributed by atoms with Crippen LogP contribution in [0.25, 0.3) is 0 Å². The molecule has 0 heterocycles. The average molecular weight is 343 g/mol. The normalized spacial score (nSPS) is 14.8. The van der Waals surface area contributed by atoms with Gasteiger partial charge in [0.05, 0.1) is 6.10 Å². The van der Waals surface area contributed by atoms with Crippen molar-refractivity contribution in [1.29, 1.82) is 0 Å². The van der Waals surface area contributed by atoms with Crippen LogP contribution in [0.2, 0.25) is 18.1 Å². The van der Waals surface area contributed by atoms with Crippen LogP contribution >= 0.6 is 0 Å². The van der Waals surface area contributed by atoms with Crippen molar-refractivity contribution in [3.05, 3.63) is 12.2 Å². The van der Waals surface area contributed by atoms with Crippen molar-refractivity contribution < 1.29 is 18.8 Å². The summed E-state index contributed by atoms with van der Waals surface area (Å²) < 4.78 is 11.6. The van der Waals surface area contributed by atoms with Crippen molar-refractivity contribution in [2.45, 2.75) is 90.6 Å². The summed E-state index contributed by atoms with van der Waals surface area (Å²) in [5.74, 6) is -0.192. The number of allylic oxidation sites excluding steroid dienone is 1. The molecule has 0 aromatic heterocycles. The Hall–Kier alpha value is -0.943. The molecule has 0 aliphatic heterocycles. The van der Waals surface area contributed by atoms with E-state index in [0.717, 1.165) is 6.29 Å². The number of carbonyl (C=O) groups is 2. The van der Waals surface area contributed by atoms with Crippen LogP contribution in [-0.4, -0.2) is 32.3 Å². The Balaban J connectivity index is 4.62. The minimum atomic E-state index is -1.92. The Labute approximate surface area is 142 Å². The lowest BCUT2D eigenvalue weighted by molar-refractivity contribution is -0.155. The second-order valence-corrected chi connectivity index (χ2v) is 13.2. The summed E-state index contributed by atoms with van der Waals surface area (Å²) in [6.45, 7) is 16.5. The lowest BCUT2D eigenvalue weighted by Crippen LogP contribution is -2.43. The maximum Gasteiger partial charge on any atom is 0.306 e. The van der Waals surface area contributed by atoms with Gasteiger partial charge in [-0.25, -0.2) is 0 Å². The summed E-state index contributed by atoms with van der Waals surface area (Å²) in [5.41, 5.74) is -0.453. The molecule has 0 N–H and O–H groups in total. The van der Waals surface area contributed by atoms with E-state index >= 15 is 0 Å². The Morgan fingerprint density at radius 3 is 2.13 bits per heavy atom. The monoisotopic (exact) mass is 342 g/mol. The fourth-order valence-electron chi connectivity index (χ4n) is 1.76. The highest BCUT2D eigenvalue weighted by atomic mass is 28.4. The lowest BCUT2D eigenvalue weighted by atomic mass is 10.1. The Kier molecular flexibility index (Phi) is 8.42. The van der Waals surface area contributed by atoms with Gasteiger partial charge in [-0.2, -0.15) is 0 Å². The summed E-state index contributed by atoms with van der Waals surface area (Å²) in [4.78, 5) is 22.4. The van der Waals surface area contributed by atoms with E-state index in [1.165, 1.54) is 6.08 Å². The standard InChI is InChI=1S/C18H34O4Si/c1-17(2,3)21-16(20)13-9-11-15(12-10-14-19)22-23(7,8)18(4,5)6/h10,12,14-15H,9,11,13H2,1-8H3/b12-10-/t15-/m0/s1. The van der Waals surface area contributed by atoms with Crippen molar-refractivity contribution in [2.75, 3.05) is 0 Å². The first-order valence-corrected chi connectivity index (χ1v) is 11.2. The first-order valence-electron chi connectivity index (χ1n) is 8.30. The van der Waals surface area contributed by atoms with Gasteiger partial charge in [0.25, 0.3) is 0 Å². The van der Waals surface area contributed by atoms with Gasteiger partial charge >= 0.3 is 5.97 Å². The van der Waals surface area contributed by atoms with E-state index in [1.807, 2.05) is 20.8 Å². The molecule has 0 radical (unpaired) electrons. The van der Waals surface area contributed by atoms with Gasteiger partial charge in [-0.3, -0.25) is 9.59 Å². The van der Waals surface area contributed by atoms with Gasteiger partial charge in [-0.1, -0.05) is 26.8 Å². The Morgan fingerprint density at radius 1 is 1.13 bits per heavy atom. The molecule has 0 saturated carbocycles. The van der Waals surface area contributed by atoms with E-state index in [0.29, 0.717) is 19.3 Å². The fraction of sp³-hybridized carbons (Fsp3) is 0.778. The largest absolute Gasteiger partial charge is 0.460 e. The quantitative estimate of drug-likeness (QED) is 0.279. The molecule has 5 heteroatoms. The van der Waals surface area contributed by atoms with Crippen LogP contribution in [0.1, 0.15) is 60.8 Å². The van der Waals surface area contributed by atoms with Crippen molar-refractivity contribution in [3.63, 3.8) is 0 Å². The third-order valence-electron chi connectivity index (χ3n) is 3.95. The molecule has 0 aromatic carbocycles. The predicted octanol–water partition coefficient (Wildman–Crippen LogP) is 4.64. The fourth-order valence-corrected chi connectivity index (χ4v) is 3.07. The molecule has 23 heavy (non-hydrogen) atoms. The molecule has 0 aromatic rings. The Bertz CT molecular complexity index is 414. The molecule has 0 unspecified atom stereocenters. The zero-order valence-electron chi connectivity index (χ0n) is 16.1. The van der Waals surface area contributed by atoms with Crippen LogP contribution in [0.15, 0.2) is 12.2 Å². The molecule has 0 rings (SSSR count). The number of hydrogen-bond donors (Lipinski definition) is 0. The predicted molar refractivity (Wildman–Crippen MR) is 97.0 cm³/mol. The zero-order valence-corrected chi connectivity index (χ0v) is 17.1. The Morgan fingerprint density at radius 2 is 1.70 bits per heavy atom. The summed E-state index contributed by atoms with van der Waals surface area (Å²) in [6, 6.07) is 0. The van der Waals surface area contributed by atoms with Crippen molar-refractivity contribution in [3.8, 4) is 0 Å². The van der Waals surface area contributed by atoms with Crippen molar-refractivity contribution >= 4 is 20.6 Å². The molecular formula is C18H34O4Si. The molecule has 0 spiro atoms. The van der Waals surface area contributed by atoms with Gasteiger partial charge in [-0.05, 0) is 57.8 Å². The van der Waals surface area contributed by atoms with Crippen LogP contribution in [0, 0.1) is 0 Å². The minimum absolute atomic E-state index is 0.103. The zero-order chi connectivity index (χ0) is 18.3. The maximum absolute atomic E-state index is 11.8. The van der Waals surface area contributed by atoms with Crippen molar-refractivity contribution in [1.82, 2.24) is 0 Å². The number of hydrogen-bond acceptors (Lipinski definition) is 4. The molecule has 0 aliphatic carbocycles. The number of carbonyl (C=O) groups excluding carboxylic acids is 2. The minimum Gasteiger partial charge on any atom is -0.460 e. The van der Waals surface area contributed by atoms with Crippen LogP contribution in [0.4, 0.5) is 0 Å². The highest BCUT2D eigenvalue weighted by Gasteiger charge is 2.38. The third-order valence-corrected chi connectivity index (χ3v) is 8.45. The molecule has 1 atom stereocenters. The van der Waals surface area contributed by atoms with E-state index in [1.54, 1.807) is 6.08 Å². The second-order valence-electron chi connectivity index (χ2n) is 8.42. The highest BCUT2D eigenvalue weighted by molar-refractivity contribution is 6.74. The molecule has 4 nitrogen and oxygen atoms in total. The van der Waals surface area contributed by atoms with E-state index in [9.17, 15) is 9.59 Å². The van der Waals surface area contributed by atoms with E-state index in [2.05, 4.69) is 33.9 Å². The van der Waals surface area contributed by atoms with E-state index < -0.39 is 13.9 Å². The highest BCUT2D eigenvalue weighted by Crippen LogP contribution is 2.37. The topological polar surface area (TPSA) is 52.6 Å². The van der Waals surface area contributed by atoms with Crippen molar-refractivity contribution in [2.24, 2.45) is 0 Å². The third kappa shape index (κ3) is 9.71. The number of ether oxygens (including phenoxy) is 1. The van der Waals surface area contributed by atoms with Crippen LogP contribution in [-0.2, 0) is 18.8 Å². The van der Waals surface area contributed by atoms with Gasteiger partial charge in [-0.15, -0.1) is 0 Å². The number of rotatable bonds is 8. The summed E-state index contributed by atoms with van der Waals surface area (Å²) in [5, 5.41) is 0.103. The van der Waals surface area contributed by atoms with E-state index in [4.69, 9.17) is 9.16 Å². The molecular weight excluding hydrogens is 308 g/mol. The molecule has 0 fully saturated rings.